The summed E-state index contributed by atoms with van der Waals surface area (Å²) < 4.78 is 7.43. The van der Waals surface area contributed by atoms with Gasteiger partial charge in [0.2, 0.25) is 0 Å². The second kappa shape index (κ2) is 4.25. The third-order valence-corrected chi connectivity index (χ3v) is 2.90. The maximum absolute atomic E-state index is 11.5. The number of carbonyl (C=O) groups is 1. The Balaban J connectivity index is 2.51. The Morgan fingerprint density at radius 2 is 2.31 bits per heavy atom. The lowest BCUT2D eigenvalue weighted by Gasteiger charge is -2.01. The van der Waals surface area contributed by atoms with Crippen LogP contribution in [-0.4, -0.2) is 22.4 Å². The van der Waals surface area contributed by atoms with E-state index in [1.165, 1.54) is 0 Å². The molecular weight excluding hydrogens is 272 g/mol. The van der Waals surface area contributed by atoms with E-state index in [0.29, 0.717) is 12.2 Å². The molecule has 5 heteroatoms. The predicted octanol–water partition coefficient (Wildman–Crippen LogP) is 2.51. The number of halogens is 1. The zero-order valence-electron chi connectivity index (χ0n) is 9.03. The van der Waals surface area contributed by atoms with Crippen LogP contribution >= 0.6 is 15.9 Å². The van der Waals surface area contributed by atoms with Crippen LogP contribution in [0.3, 0.4) is 0 Å². The number of esters is 1. The molecule has 0 unspecified atom stereocenters. The van der Waals surface area contributed by atoms with Gasteiger partial charge in [-0.1, -0.05) is 0 Å². The molecule has 0 spiro atoms. The van der Waals surface area contributed by atoms with Crippen molar-refractivity contribution in [1.82, 2.24) is 9.78 Å². The number of nitrogens with zero attached hydrogens (tertiary/aromatic N) is 2. The molecule has 0 saturated heterocycles. The fourth-order valence-corrected chi connectivity index (χ4v) is 2.12. The van der Waals surface area contributed by atoms with E-state index in [1.54, 1.807) is 23.7 Å². The Labute approximate surface area is 101 Å². The third-order valence-electron chi connectivity index (χ3n) is 2.32. The number of rotatable bonds is 2. The van der Waals surface area contributed by atoms with E-state index < -0.39 is 0 Å². The Morgan fingerprint density at radius 1 is 1.56 bits per heavy atom. The number of hydrogen-bond donors (Lipinski definition) is 0. The molecular formula is C11H11BrN2O2. The maximum atomic E-state index is 11.5. The van der Waals surface area contributed by atoms with Crippen LogP contribution in [0.5, 0.6) is 0 Å². The maximum Gasteiger partial charge on any atom is 0.338 e. The standard InChI is InChI=1S/C11H11BrN2O2/c1-3-16-11(15)7-4-5-9-8(6-7)10(12)13-14(9)2/h4-6H,3H2,1-2H3. The average Bonchev–Trinajstić information content (AvgIpc) is 2.55. The van der Waals surface area contributed by atoms with Gasteiger partial charge in [0.05, 0.1) is 17.7 Å². The van der Waals surface area contributed by atoms with Gasteiger partial charge < -0.3 is 4.74 Å². The summed E-state index contributed by atoms with van der Waals surface area (Å²) >= 11 is 3.36. The van der Waals surface area contributed by atoms with Crippen LogP contribution in [0.25, 0.3) is 10.9 Å². The SMILES string of the molecule is CCOC(=O)c1ccc2c(c1)c(Br)nn2C. The highest BCUT2D eigenvalue weighted by molar-refractivity contribution is 9.10. The van der Waals surface area contributed by atoms with E-state index >= 15 is 0 Å². The number of benzene rings is 1. The van der Waals surface area contributed by atoms with Crippen molar-refractivity contribution in [3.05, 3.63) is 28.4 Å². The van der Waals surface area contributed by atoms with Gasteiger partial charge in [-0.25, -0.2) is 4.79 Å². The van der Waals surface area contributed by atoms with Crippen molar-refractivity contribution < 1.29 is 9.53 Å². The lowest BCUT2D eigenvalue weighted by Crippen LogP contribution is -2.04. The van der Waals surface area contributed by atoms with Gasteiger partial charge in [-0.15, -0.1) is 0 Å². The van der Waals surface area contributed by atoms with Crippen LogP contribution in [0.1, 0.15) is 17.3 Å². The van der Waals surface area contributed by atoms with Gasteiger partial charge in [-0.3, -0.25) is 4.68 Å². The quantitative estimate of drug-likeness (QED) is 0.795. The molecule has 4 nitrogen and oxygen atoms in total. The van der Waals surface area contributed by atoms with Gasteiger partial charge >= 0.3 is 5.97 Å². The first kappa shape index (κ1) is 11.1. The minimum Gasteiger partial charge on any atom is -0.462 e. The van der Waals surface area contributed by atoms with Gasteiger partial charge in [-0.2, -0.15) is 5.10 Å². The normalized spacial score (nSPS) is 10.7. The Morgan fingerprint density at radius 3 is 3.00 bits per heavy atom. The van der Waals surface area contributed by atoms with Crippen LogP contribution in [0.4, 0.5) is 0 Å². The molecule has 0 bridgehead atoms. The molecule has 0 aliphatic rings. The van der Waals surface area contributed by atoms with Crippen molar-refractivity contribution in [3.63, 3.8) is 0 Å². The van der Waals surface area contributed by atoms with E-state index in [9.17, 15) is 4.79 Å². The second-order valence-corrected chi connectivity index (χ2v) is 4.12. The fraction of sp³-hybridized carbons (Fsp3) is 0.273. The molecule has 0 radical (unpaired) electrons. The van der Waals surface area contributed by atoms with Crippen molar-refractivity contribution in [3.8, 4) is 0 Å². The molecule has 0 saturated carbocycles. The molecule has 0 aliphatic carbocycles. The molecule has 0 N–H and O–H groups in total. The lowest BCUT2D eigenvalue weighted by atomic mass is 10.1. The zero-order valence-corrected chi connectivity index (χ0v) is 10.6. The van der Waals surface area contributed by atoms with E-state index in [-0.39, 0.29) is 5.97 Å². The smallest absolute Gasteiger partial charge is 0.338 e. The first-order valence-corrected chi connectivity index (χ1v) is 5.72. The number of carbonyl (C=O) groups excluding carboxylic acids is 1. The highest BCUT2D eigenvalue weighted by Gasteiger charge is 2.11. The highest BCUT2D eigenvalue weighted by Crippen LogP contribution is 2.24. The van der Waals surface area contributed by atoms with Gasteiger partial charge in [0.15, 0.2) is 0 Å². The summed E-state index contributed by atoms with van der Waals surface area (Å²) in [6, 6.07) is 5.39. The first-order valence-electron chi connectivity index (χ1n) is 4.93. The third kappa shape index (κ3) is 1.82. The molecule has 2 rings (SSSR count). The summed E-state index contributed by atoms with van der Waals surface area (Å²) in [6.07, 6.45) is 0. The molecule has 1 heterocycles. The number of fused-ring (bicyclic) bond motifs is 1. The molecule has 0 atom stereocenters. The molecule has 0 aliphatic heterocycles. The van der Waals surface area contributed by atoms with Gasteiger partial charge in [0.25, 0.3) is 0 Å². The Bertz CT molecular complexity index is 548. The fourth-order valence-electron chi connectivity index (χ4n) is 1.56. The van der Waals surface area contributed by atoms with Crippen LogP contribution in [-0.2, 0) is 11.8 Å². The molecule has 84 valence electrons. The van der Waals surface area contributed by atoms with Crippen molar-refractivity contribution in [2.45, 2.75) is 6.92 Å². The van der Waals surface area contributed by atoms with Crippen molar-refractivity contribution in [2.75, 3.05) is 6.61 Å². The minimum absolute atomic E-state index is 0.305. The van der Waals surface area contributed by atoms with E-state index in [4.69, 9.17) is 4.74 Å². The number of aromatic nitrogens is 2. The topological polar surface area (TPSA) is 44.1 Å². The molecule has 1 aromatic carbocycles. The average molecular weight is 283 g/mol. The van der Waals surface area contributed by atoms with Gasteiger partial charge in [-0.05, 0) is 41.1 Å². The Hall–Kier alpha value is -1.36. The summed E-state index contributed by atoms with van der Waals surface area (Å²) in [5, 5.41) is 5.13. The molecule has 0 fully saturated rings. The molecule has 2 aromatic rings. The largest absolute Gasteiger partial charge is 0.462 e. The van der Waals surface area contributed by atoms with E-state index in [2.05, 4.69) is 21.0 Å². The lowest BCUT2D eigenvalue weighted by molar-refractivity contribution is 0.0526. The van der Waals surface area contributed by atoms with Crippen molar-refractivity contribution >= 4 is 32.8 Å². The monoisotopic (exact) mass is 282 g/mol. The van der Waals surface area contributed by atoms with E-state index in [0.717, 1.165) is 15.5 Å². The number of hydrogen-bond acceptors (Lipinski definition) is 3. The Kier molecular flexibility index (Phi) is 2.96. The second-order valence-electron chi connectivity index (χ2n) is 3.37. The van der Waals surface area contributed by atoms with E-state index in [1.807, 2.05) is 13.1 Å². The van der Waals surface area contributed by atoms with Gasteiger partial charge in [0, 0.05) is 12.4 Å². The summed E-state index contributed by atoms with van der Waals surface area (Å²) in [7, 11) is 1.86. The van der Waals surface area contributed by atoms with Gasteiger partial charge in [0.1, 0.15) is 4.60 Å². The molecule has 0 amide bonds. The van der Waals surface area contributed by atoms with Crippen LogP contribution < -0.4 is 0 Å². The van der Waals surface area contributed by atoms with Crippen molar-refractivity contribution in [1.29, 1.82) is 0 Å². The van der Waals surface area contributed by atoms with Crippen LogP contribution in [0.2, 0.25) is 0 Å². The van der Waals surface area contributed by atoms with Crippen LogP contribution in [0.15, 0.2) is 22.8 Å². The molecule has 1 aromatic heterocycles. The minimum atomic E-state index is -0.305. The summed E-state index contributed by atoms with van der Waals surface area (Å²) in [4.78, 5) is 11.5. The summed E-state index contributed by atoms with van der Waals surface area (Å²) in [5.41, 5.74) is 1.52. The first-order chi connectivity index (χ1) is 7.63. The number of ether oxygens (including phenoxy) is 1. The highest BCUT2D eigenvalue weighted by atomic mass is 79.9. The number of aryl methyl sites for hydroxylation is 1. The van der Waals surface area contributed by atoms with Crippen LogP contribution in [0, 0.1) is 0 Å². The summed E-state index contributed by atoms with van der Waals surface area (Å²) in [6.45, 7) is 2.17. The van der Waals surface area contributed by atoms with Crippen molar-refractivity contribution in [2.24, 2.45) is 7.05 Å². The summed E-state index contributed by atoms with van der Waals surface area (Å²) in [5.74, 6) is -0.305. The molecule has 16 heavy (non-hydrogen) atoms. The zero-order chi connectivity index (χ0) is 11.7. The predicted molar refractivity (Wildman–Crippen MR) is 64.4 cm³/mol.